The molecule has 1 aromatic carbocycles. The van der Waals surface area contributed by atoms with E-state index in [-0.39, 0.29) is 24.6 Å². The van der Waals surface area contributed by atoms with Crippen LogP contribution in [-0.2, 0) is 14.3 Å². The van der Waals surface area contributed by atoms with E-state index in [0.29, 0.717) is 5.56 Å². The van der Waals surface area contributed by atoms with Crippen molar-refractivity contribution in [3.8, 4) is 0 Å². The number of carbonyl (C=O) groups excluding carboxylic acids is 3. The third kappa shape index (κ3) is 6.78. The van der Waals surface area contributed by atoms with E-state index in [1.54, 1.807) is 64.1 Å². The second-order valence-electron chi connectivity index (χ2n) is 7.49. The monoisotopic (exact) mass is 401 g/mol. The maximum Gasteiger partial charge on any atom is 0.408 e. The topological polar surface area (TPSA) is 94.8 Å². The molecule has 0 saturated carbocycles. The van der Waals surface area contributed by atoms with Gasteiger partial charge in [-0.25, -0.2) is 9.59 Å². The molecule has 7 heteroatoms. The summed E-state index contributed by atoms with van der Waals surface area (Å²) in [4.78, 5) is 37.8. The van der Waals surface area contributed by atoms with Gasteiger partial charge in [0.25, 0.3) is 0 Å². The fourth-order valence-electron chi connectivity index (χ4n) is 2.81. The molecule has 2 atom stereocenters. The number of furan rings is 1. The van der Waals surface area contributed by atoms with Crippen LogP contribution in [0.1, 0.15) is 56.2 Å². The van der Waals surface area contributed by atoms with Crippen LogP contribution in [0.2, 0.25) is 0 Å². The highest BCUT2D eigenvalue weighted by atomic mass is 16.6. The van der Waals surface area contributed by atoms with Gasteiger partial charge in [0.1, 0.15) is 11.6 Å². The Labute approximate surface area is 170 Å². The number of hydrogen-bond donors (Lipinski definition) is 1. The fraction of sp³-hybridized carbons (Fsp3) is 0.409. The summed E-state index contributed by atoms with van der Waals surface area (Å²) in [5, 5.41) is 2.54. The van der Waals surface area contributed by atoms with E-state index in [4.69, 9.17) is 13.9 Å². The molecule has 156 valence electrons. The van der Waals surface area contributed by atoms with Crippen LogP contribution in [0.3, 0.4) is 0 Å². The third-order valence-electron chi connectivity index (χ3n) is 4.02. The Hall–Kier alpha value is -3.09. The maximum absolute atomic E-state index is 13.0. The molecule has 1 N–H and O–H groups in total. The van der Waals surface area contributed by atoms with E-state index < -0.39 is 29.6 Å². The number of ether oxygens (including phenoxy) is 2. The molecule has 0 bridgehead atoms. The van der Waals surface area contributed by atoms with E-state index in [9.17, 15) is 14.4 Å². The minimum atomic E-state index is -1.06. The first-order valence-corrected chi connectivity index (χ1v) is 9.50. The summed E-state index contributed by atoms with van der Waals surface area (Å²) >= 11 is 0. The zero-order valence-corrected chi connectivity index (χ0v) is 17.1. The van der Waals surface area contributed by atoms with Crippen molar-refractivity contribution >= 4 is 17.8 Å². The van der Waals surface area contributed by atoms with Crippen molar-refractivity contribution in [2.24, 2.45) is 0 Å². The summed E-state index contributed by atoms with van der Waals surface area (Å²) in [7, 11) is 0. The van der Waals surface area contributed by atoms with Crippen molar-refractivity contribution in [1.29, 1.82) is 0 Å². The van der Waals surface area contributed by atoms with E-state index in [1.165, 1.54) is 6.26 Å². The summed E-state index contributed by atoms with van der Waals surface area (Å²) in [6.07, 6.45) is 0.659. The van der Waals surface area contributed by atoms with Crippen molar-refractivity contribution in [3.63, 3.8) is 0 Å². The zero-order valence-electron chi connectivity index (χ0n) is 17.1. The minimum Gasteiger partial charge on any atom is -0.464 e. The zero-order chi connectivity index (χ0) is 21.4. The van der Waals surface area contributed by atoms with Gasteiger partial charge in [-0.3, -0.25) is 4.79 Å². The molecule has 0 aliphatic heterocycles. The van der Waals surface area contributed by atoms with E-state index in [2.05, 4.69) is 5.32 Å². The standard InChI is InChI=1S/C22H27NO6/c1-5-27-20(25)17(23-21(26)29-22(2,3)4)14-16(15-10-7-6-8-11-15)19(24)18-12-9-13-28-18/h6-13,16-17H,5,14H2,1-4H3,(H,23,26)/t16-,17-/m1/s1. The molecule has 0 unspecified atom stereocenters. The molecular formula is C22H27NO6. The lowest BCUT2D eigenvalue weighted by Gasteiger charge is -2.25. The number of esters is 1. The summed E-state index contributed by atoms with van der Waals surface area (Å²) in [5.74, 6) is -1.46. The normalized spacial score (nSPS) is 13.2. The van der Waals surface area contributed by atoms with E-state index >= 15 is 0 Å². The number of benzene rings is 1. The SMILES string of the molecule is CCOC(=O)[C@@H](C[C@@H](C(=O)c1ccco1)c1ccccc1)NC(=O)OC(C)(C)C. The number of Topliss-reactive ketones (excluding diaryl/α,β-unsaturated/α-hetero) is 1. The summed E-state index contributed by atoms with van der Waals surface area (Å²) in [5.41, 5.74) is -0.0271. The average molecular weight is 401 g/mol. The van der Waals surface area contributed by atoms with E-state index in [0.717, 1.165) is 0 Å². The summed E-state index contributed by atoms with van der Waals surface area (Å²) in [6.45, 7) is 6.98. The number of nitrogens with one attached hydrogen (secondary N) is 1. The van der Waals surface area contributed by atoms with Crippen LogP contribution in [0.25, 0.3) is 0 Å². The molecule has 29 heavy (non-hydrogen) atoms. The molecular weight excluding hydrogens is 374 g/mol. The molecule has 1 heterocycles. The smallest absolute Gasteiger partial charge is 0.408 e. The van der Waals surface area contributed by atoms with Crippen molar-refractivity contribution in [2.45, 2.75) is 51.7 Å². The lowest BCUT2D eigenvalue weighted by Crippen LogP contribution is -2.45. The van der Waals surface area contributed by atoms with Gasteiger partial charge >= 0.3 is 12.1 Å². The largest absolute Gasteiger partial charge is 0.464 e. The first-order valence-electron chi connectivity index (χ1n) is 9.50. The van der Waals surface area contributed by atoms with Crippen LogP contribution in [0.15, 0.2) is 53.1 Å². The molecule has 7 nitrogen and oxygen atoms in total. The summed E-state index contributed by atoms with van der Waals surface area (Å²) in [6, 6.07) is 11.2. The van der Waals surface area contributed by atoms with Gasteiger partial charge in [0, 0.05) is 0 Å². The molecule has 1 amide bonds. The van der Waals surface area contributed by atoms with Crippen LogP contribution in [-0.4, -0.2) is 36.1 Å². The first kappa shape index (κ1) is 22.2. The number of alkyl carbamates (subject to hydrolysis) is 1. The van der Waals surface area contributed by atoms with Crippen LogP contribution in [0, 0.1) is 0 Å². The van der Waals surface area contributed by atoms with Gasteiger partial charge in [0.2, 0.25) is 5.78 Å². The number of rotatable bonds is 8. The van der Waals surface area contributed by atoms with E-state index in [1.807, 2.05) is 6.07 Å². The van der Waals surface area contributed by atoms with Gasteiger partial charge in [-0.15, -0.1) is 0 Å². The first-order chi connectivity index (χ1) is 13.7. The highest BCUT2D eigenvalue weighted by molar-refractivity contribution is 5.99. The molecule has 2 rings (SSSR count). The highest BCUT2D eigenvalue weighted by Gasteiger charge is 2.33. The molecule has 0 fully saturated rings. The Kier molecular flexibility index (Phi) is 7.59. The summed E-state index contributed by atoms with van der Waals surface area (Å²) < 4.78 is 15.6. The van der Waals surface area contributed by atoms with Crippen LogP contribution in [0.5, 0.6) is 0 Å². The van der Waals surface area contributed by atoms with Gasteiger partial charge in [0.05, 0.1) is 18.8 Å². The molecule has 1 aromatic heterocycles. The molecule has 0 radical (unpaired) electrons. The number of amides is 1. The quantitative estimate of drug-likeness (QED) is 0.529. The molecule has 2 aromatic rings. The van der Waals surface area contributed by atoms with Gasteiger partial charge in [-0.2, -0.15) is 0 Å². The van der Waals surface area contributed by atoms with Crippen LogP contribution < -0.4 is 5.32 Å². The van der Waals surface area contributed by atoms with Crippen molar-refractivity contribution in [2.75, 3.05) is 6.61 Å². The van der Waals surface area contributed by atoms with Crippen molar-refractivity contribution in [3.05, 3.63) is 60.1 Å². The van der Waals surface area contributed by atoms with Crippen LogP contribution >= 0.6 is 0 Å². The van der Waals surface area contributed by atoms with Gasteiger partial charge in [0.15, 0.2) is 5.76 Å². The fourth-order valence-corrected chi connectivity index (χ4v) is 2.81. The maximum atomic E-state index is 13.0. The Morgan fingerprint density at radius 1 is 1.07 bits per heavy atom. The van der Waals surface area contributed by atoms with Crippen LogP contribution in [0.4, 0.5) is 4.79 Å². The Balaban J connectivity index is 2.29. The molecule has 0 aliphatic rings. The van der Waals surface area contributed by atoms with Crippen molar-refractivity contribution in [1.82, 2.24) is 5.32 Å². The Bertz CT molecular complexity index is 808. The van der Waals surface area contributed by atoms with Gasteiger partial charge in [-0.1, -0.05) is 30.3 Å². The predicted octanol–water partition coefficient (Wildman–Crippen LogP) is 4.09. The number of carbonyl (C=O) groups is 3. The average Bonchev–Trinajstić information content (AvgIpc) is 3.18. The number of hydrogen-bond acceptors (Lipinski definition) is 6. The second-order valence-corrected chi connectivity index (χ2v) is 7.49. The number of ketones is 1. The van der Waals surface area contributed by atoms with Gasteiger partial charge in [-0.05, 0) is 51.8 Å². The third-order valence-corrected chi connectivity index (χ3v) is 4.02. The second kappa shape index (κ2) is 9.91. The molecule has 0 aliphatic carbocycles. The molecule has 0 spiro atoms. The lowest BCUT2D eigenvalue weighted by atomic mass is 9.87. The van der Waals surface area contributed by atoms with Crippen molar-refractivity contribution < 1.29 is 28.3 Å². The lowest BCUT2D eigenvalue weighted by molar-refractivity contribution is -0.145. The Morgan fingerprint density at radius 3 is 2.31 bits per heavy atom. The predicted molar refractivity (Wildman–Crippen MR) is 107 cm³/mol. The highest BCUT2D eigenvalue weighted by Crippen LogP contribution is 2.27. The Morgan fingerprint density at radius 2 is 1.76 bits per heavy atom. The minimum absolute atomic E-state index is 0.00161. The molecule has 0 saturated heterocycles. The van der Waals surface area contributed by atoms with Gasteiger partial charge < -0.3 is 19.2 Å².